The van der Waals surface area contributed by atoms with Gasteiger partial charge in [0, 0.05) is 18.5 Å². The molecule has 1 aliphatic carbocycles. The maximum Gasteiger partial charge on any atom is 0.242 e. The van der Waals surface area contributed by atoms with Crippen LogP contribution in [0.3, 0.4) is 0 Å². The van der Waals surface area contributed by atoms with Crippen LogP contribution in [0.5, 0.6) is 0 Å². The second-order valence-electron chi connectivity index (χ2n) is 8.51. The highest BCUT2D eigenvalue weighted by molar-refractivity contribution is 5.90. The first-order chi connectivity index (χ1) is 15.2. The molecule has 1 N–H and O–H groups in total. The van der Waals surface area contributed by atoms with E-state index in [-0.39, 0.29) is 29.7 Å². The number of nitrogens with zero attached hydrogens (tertiary/aromatic N) is 1. The molecule has 1 heterocycles. The van der Waals surface area contributed by atoms with E-state index >= 15 is 0 Å². The van der Waals surface area contributed by atoms with Gasteiger partial charge in [-0.15, -0.1) is 0 Å². The summed E-state index contributed by atoms with van der Waals surface area (Å²) >= 11 is 0. The van der Waals surface area contributed by atoms with Gasteiger partial charge in [-0.05, 0) is 35.1 Å². The van der Waals surface area contributed by atoms with E-state index in [9.17, 15) is 9.59 Å². The Morgan fingerprint density at radius 2 is 1.42 bits per heavy atom. The van der Waals surface area contributed by atoms with Crippen molar-refractivity contribution in [3.8, 4) is 0 Å². The number of nitrogens with one attached hydrogen (secondary N) is 1. The molecule has 1 atom stereocenters. The summed E-state index contributed by atoms with van der Waals surface area (Å²) in [5.74, 6) is -0.223. The Hall–Kier alpha value is -3.40. The van der Waals surface area contributed by atoms with Crippen LogP contribution in [0.4, 0.5) is 0 Å². The average Bonchev–Trinajstić information content (AvgIpc) is 3.60. The molecule has 0 aromatic heterocycles. The van der Waals surface area contributed by atoms with E-state index < -0.39 is 0 Å². The van der Waals surface area contributed by atoms with Gasteiger partial charge in [0.2, 0.25) is 11.8 Å². The van der Waals surface area contributed by atoms with Crippen LogP contribution in [0.1, 0.15) is 28.7 Å². The lowest BCUT2D eigenvalue weighted by Crippen LogP contribution is -2.43. The van der Waals surface area contributed by atoms with Crippen LogP contribution in [0.15, 0.2) is 84.9 Å². The van der Waals surface area contributed by atoms with E-state index in [2.05, 4.69) is 41.7 Å². The zero-order valence-corrected chi connectivity index (χ0v) is 17.5. The fraction of sp³-hybridized carbons (Fsp3) is 0.259. The summed E-state index contributed by atoms with van der Waals surface area (Å²) in [4.78, 5) is 27.7. The maximum atomic E-state index is 13.1. The van der Waals surface area contributed by atoms with Crippen LogP contribution in [-0.2, 0) is 28.0 Å². The van der Waals surface area contributed by atoms with E-state index in [0.29, 0.717) is 13.1 Å². The van der Waals surface area contributed by atoms with Crippen LogP contribution < -0.4 is 5.32 Å². The Morgan fingerprint density at radius 3 is 2.06 bits per heavy atom. The highest BCUT2D eigenvalue weighted by Crippen LogP contribution is 2.58. The molecular formula is C27H26N2O2. The summed E-state index contributed by atoms with van der Waals surface area (Å²) in [6.45, 7) is 1.37. The molecule has 3 aromatic carbocycles. The molecule has 2 aliphatic rings. The van der Waals surface area contributed by atoms with Crippen LogP contribution in [0, 0.1) is 5.92 Å². The van der Waals surface area contributed by atoms with Gasteiger partial charge in [0.15, 0.2) is 0 Å². The van der Waals surface area contributed by atoms with Gasteiger partial charge in [-0.3, -0.25) is 9.59 Å². The Labute approximate surface area is 182 Å². The number of carbonyl (C=O) groups excluding carboxylic acids is 2. The third kappa shape index (κ3) is 3.63. The number of hydrogen-bond acceptors (Lipinski definition) is 2. The smallest absolute Gasteiger partial charge is 0.242 e. The molecule has 31 heavy (non-hydrogen) atoms. The molecule has 3 aromatic rings. The summed E-state index contributed by atoms with van der Waals surface area (Å²) in [6.07, 6.45) is 1.63. The molecule has 1 aliphatic heterocycles. The first kappa shape index (κ1) is 19.6. The highest BCUT2D eigenvalue weighted by atomic mass is 16.2. The van der Waals surface area contributed by atoms with Crippen molar-refractivity contribution in [1.82, 2.24) is 10.2 Å². The number of amides is 2. The van der Waals surface area contributed by atoms with Crippen molar-refractivity contribution in [1.29, 1.82) is 0 Å². The topological polar surface area (TPSA) is 49.4 Å². The molecule has 1 saturated carbocycles. The van der Waals surface area contributed by atoms with Crippen LogP contribution >= 0.6 is 0 Å². The van der Waals surface area contributed by atoms with Gasteiger partial charge in [-0.25, -0.2) is 0 Å². The second-order valence-corrected chi connectivity index (χ2v) is 8.51. The van der Waals surface area contributed by atoms with Gasteiger partial charge in [-0.1, -0.05) is 84.9 Å². The predicted octanol–water partition coefficient (Wildman–Crippen LogP) is 3.69. The highest BCUT2D eigenvalue weighted by Gasteiger charge is 2.60. The molecule has 156 valence electrons. The molecule has 2 amide bonds. The molecule has 4 heteroatoms. The second kappa shape index (κ2) is 8.03. The predicted molar refractivity (Wildman–Crippen MR) is 120 cm³/mol. The lowest BCUT2D eigenvalue weighted by atomic mass is 9.85. The zero-order valence-electron chi connectivity index (χ0n) is 17.5. The maximum absolute atomic E-state index is 13.1. The molecule has 0 saturated heterocycles. The minimum atomic E-state index is -0.306. The lowest BCUT2D eigenvalue weighted by molar-refractivity contribution is -0.134. The molecule has 1 unspecified atom stereocenters. The fourth-order valence-corrected chi connectivity index (χ4v) is 4.96. The quantitative estimate of drug-likeness (QED) is 0.697. The standard InChI is InChI=1S/C27H26N2O2/c30-25(29-16-15-20-9-7-8-10-21(20)19-29)18-28-26(31)24-17-27(24,22-11-3-1-4-12-22)23-13-5-2-6-14-23/h1-14,24H,15-19H2,(H,28,31). The van der Waals surface area contributed by atoms with Gasteiger partial charge in [0.1, 0.15) is 0 Å². The minimum absolute atomic E-state index is 0.0199. The van der Waals surface area contributed by atoms with Crippen molar-refractivity contribution in [2.75, 3.05) is 13.1 Å². The van der Waals surface area contributed by atoms with Crippen LogP contribution in [0.2, 0.25) is 0 Å². The van der Waals surface area contributed by atoms with Gasteiger partial charge in [0.05, 0.1) is 12.5 Å². The average molecular weight is 411 g/mol. The molecule has 0 radical (unpaired) electrons. The number of carbonyl (C=O) groups is 2. The van der Waals surface area contributed by atoms with E-state index in [1.54, 1.807) is 0 Å². The number of benzene rings is 3. The first-order valence-electron chi connectivity index (χ1n) is 10.9. The van der Waals surface area contributed by atoms with E-state index in [4.69, 9.17) is 0 Å². The van der Waals surface area contributed by atoms with Crippen molar-refractivity contribution >= 4 is 11.8 Å². The van der Waals surface area contributed by atoms with Crippen molar-refractivity contribution < 1.29 is 9.59 Å². The molecule has 4 nitrogen and oxygen atoms in total. The SMILES string of the molecule is O=C(NCC(=O)N1CCc2ccccc2C1)C1CC1(c1ccccc1)c1ccccc1. The fourth-order valence-electron chi connectivity index (χ4n) is 4.96. The summed E-state index contributed by atoms with van der Waals surface area (Å²) in [7, 11) is 0. The molecule has 5 rings (SSSR count). The van der Waals surface area contributed by atoms with Crippen LogP contribution in [-0.4, -0.2) is 29.8 Å². The van der Waals surface area contributed by atoms with Crippen molar-refractivity contribution in [3.63, 3.8) is 0 Å². The molecule has 0 bridgehead atoms. The Bertz CT molecular complexity index is 1050. The lowest BCUT2D eigenvalue weighted by Gasteiger charge is -2.29. The van der Waals surface area contributed by atoms with Gasteiger partial charge < -0.3 is 10.2 Å². The van der Waals surface area contributed by atoms with Crippen molar-refractivity contribution in [2.24, 2.45) is 5.92 Å². The molecule has 0 spiro atoms. The molecular weight excluding hydrogens is 384 g/mol. The summed E-state index contributed by atoms with van der Waals surface area (Å²) in [5.41, 5.74) is 4.51. The van der Waals surface area contributed by atoms with E-state index in [1.807, 2.05) is 53.4 Å². The zero-order chi connectivity index (χ0) is 21.3. The summed E-state index contributed by atoms with van der Waals surface area (Å²) in [6, 6.07) is 28.7. The third-order valence-electron chi connectivity index (χ3n) is 6.75. The van der Waals surface area contributed by atoms with E-state index in [1.165, 1.54) is 11.1 Å². The summed E-state index contributed by atoms with van der Waals surface area (Å²) in [5, 5.41) is 2.93. The van der Waals surface area contributed by atoms with Crippen LogP contribution in [0.25, 0.3) is 0 Å². The monoisotopic (exact) mass is 410 g/mol. The number of rotatable bonds is 5. The number of fused-ring (bicyclic) bond motifs is 1. The third-order valence-corrected chi connectivity index (χ3v) is 6.75. The van der Waals surface area contributed by atoms with Gasteiger partial charge >= 0.3 is 0 Å². The largest absolute Gasteiger partial charge is 0.347 e. The normalized spacial score (nSPS) is 18.7. The van der Waals surface area contributed by atoms with Gasteiger partial charge in [-0.2, -0.15) is 0 Å². The van der Waals surface area contributed by atoms with E-state index in [0.717, 1.165) is 24.0 Å². The Balaban J connectivity index is 1.26. The molecule has 1 fully saturated rings. The number of hydrogen-bond donors (Lipinski definition) is 1. The van der Waals surface area contributed by atoms with Crippen molar-refractivity contribution in [2.45, 2.75) is 24.8 Å². The Morgan fingerprint density at radius 1 is 0.839 bits per heavy atom. The summed E-state index contributed by atoms with van der Waals surface area (Å²) < 4.78 is 0. The van der Waals surface area contributed by atoms with Gasteiger partial charge in [0.25, 0.3) is 0 Å². The Kier molecular flexibility index (Phi) is 5.06. The minimum Gasteiger partial charge on any atom is -0.347 e. The van der Waals surface area contributed by atoms with Crippen molar-refractivity contribution in [3.05, 3.63) is 107 Å². The first-order valence-corrected chi connectivity index (χ1v) is 10.9.